The van der Waals surface area contributed by atoms with Crippen LogP contribution in [0.2, 0.25) is 0 Å². The predicted octanol–water partition coefficient (Wildman–Crippen LogP) is 2.15. The van der Waals surface area contributed by atoms with Crippen LogP contribution in [0.5, 0.6) is 0 Å². The Balaban J connectivity index is 2.03. The van der Waals surface area contributed by atoms with Gasteiger partial charge in [0, 0.05) is 24.1 Å². The SMILES string of the molecule is CCNC(=O)c1cc(NCc2cccc(C)n2)ccn1. The van der Waals surface area contributed by atoms with Crippen LogP contribution in [0.15, 0.2) is 36.5 Å². The number of hydrogen-bond donors (Lipinski definition) is 2. The lowest BCUT2D eigenvalue weighted by molar-refractivity contribution is 0.0951. The number of carbonyl (C=O) groups is 1. The van der Waals surface area contributed by atoms with Crippen LogP contribution in [0.4, 0.5) is 5.69 Å². The maximum absolute atomic E-state index is 11.7. The van der Waals surface area contributed by atoms with Crippen molar-refractivity contribution < 1.29 is 4.79 Å². The zero-order chi connectivity index (χ0) is 14.4. The van der Waals surface area contributed by atoms with Crippen molar-refractivity contribution in [1.82, 2.24) is 15.3 Å². The van der Waals surface area contributed by atoms with Gasteiger partial charge in [-0.3, -0.25) is 14.8 Å². The Morgan fingerprint density at radius 2 is 2.15 bits per heavy atom. The van der Waals surface area contributed by atoms with Gasteiger partial charge in [0.25, 0.3) is 5.91 Å². The van der Waals surface area contributed by atoms with Crippen molar-refractivity contribution in [2.45, 2.75) is 20.4 Å². The Morgan fingerprint density at radius 3 is 2.90 bits per heavy atom. The monoisotopic (exact) mass is 270 g/mol. The summed E-state index contributed by atoms with van der Waals surface area (Å²) >= 11 is 0. The average Bonchev–Trinajstić information content (AvgIpc) is 2.46. The average molecular weight is 270 g/mol. The highest BCUT2D eigenvalue weighted by Crippen LogP contribution is 2.09. The lowest BCUT2D eigenvalue weighted by Gasteiger charge is -2.08. The minimum atomic E-state index is -0.162. The topological polar surface area (TPSA) is 66.9 Å². The first-order valence-corrected chi connectivity index (χ1v) is 6.59. The van der Waals surface area contributed by atoms with Gasteiger partial charge in [0.05, 0.1) is 12.2 Å². The predicted molar refractivity (Wildman–Crippen MR) is 78.5 cm³/mol. The van der Waals surface area contributed by atoms with Crippen molar-refractivity contribution in [3.8, 4) is 0 Å². The highest BCUT2D eigenvalue weighted by molar-refractivity contribution is 5.93. The standard InChI is InChI=1S/C15H18N4O/c1-3-16-15(20)14-9-12(7-8-17-14)18-10-13-6-4-5-11(2)19-13/h4-9H,3,10H2,1-2H3,(H,16,20)(H,17,18). The lowest BCUT2D eigenvalue weighted by Crippen LogP contribution is -2.23. The summed E-state index contributed by atoms with van der Waals surface area (Å²) in [6.45, 7) is 5.04. The molecule has 2 aromatic heterocycles. The molecule has 0 fully saturated rings. The van der Waals surface area contributed by atoms with Crippen LogP contribution >= 0.6 is 0 Å². The van der Waals surface area contributed by atoms with E-state index in [9.17, 15) is 4.79 Å². The second-order valence-corrected chi connectivity index (χ2v) is 4.41. The van der Waals surface area contributed by atoms with Crippen LogP contribution < -0.4 is 10.6 Å². The summed E-state index contributed by atoms with van der Waals surface area (Å²) in [7, 11) is 0. The zero-order valence-electron chi connectivity index (χ0n) is 11.7. The molecule has 0 saturated carbocycles. The fourth-order valence-electron chi connectivity index (χ4n) is 1.81. The number of nitrogens with zero attached hydrogens (tertiary/aromatic N) is 2. The molecule has 0 aliphatic carbocycles. The second-order valence-electron chi connectivity index (χ2n) is 4.41. The minimum absolute atomic E-state index is 0.162. The van der Waals surface area contributed by atoms with Crippen LogP contribution in [0.1, 0.15) is 28.8 Å². The largest absolute Gasteiger partial charge is 0.379 e. The van der Waals surface area contributed by atoms with E-state index in [-0.39, 0.29) is 5.91 Å². The fraction of sp³-hybridized carbons (Fsp3) is 0.267. The van der Waals surface area contributed by atoms with Gasteiger partial charge in [-0.05, 0) is 38.1 Å². The van der Waals surface area contributed by atoms with Gasteiger partial charge in [-0.25, -0.2) is 0 Å². The van der Waals surface area contributed by atoms with E-state index in [0.29, 0.717) is 18.8 Å². The summed E-state index contributed by atoms with van der Waals surface area (Å²) < 4.78 is 0. The van der Waals surface area contributed by atoms with Crippen molar-refractivity contribution in [3.63, 3.8) is 0 Å². The first-order valence-electron chi connectivity index (χ1n) is 6.59. The number of rotatable bonds is 5. The summed E-state index contributed by atoms with van der Waals surface area (Å²) in [5.41, 5.74) is 3.21. The molecule has 0 radical (unpaired) electrons. The maximum Gasteiger partial charge on any atom is 0.269 e. The summed E-state index contributed by atoms with van der Waals surface area (Å²) in [4.78, 5) is 20.2. The maximum atomic E-state index is 11.7. The van der Waals surface area contributed by atoms with Crippen LogP contribution in [-0.2, 0) is 6.54 Å². The molecule has 0 saturated heterocycles. The van der Waals surface area contributed by atoms with E-state index in [1.165, 1.54) is 0 Å². The molecule has 5 nitrogen and oxygen atoms in total. The first kappa shape index (κ1) is 14.0. The van der Waals surface area contributed by atoms with E-state index in [2.05, 4.69) is 20.6 Å². The molecule has 0 unspecified atom stereocenters. The normalized spacial score (nSPS) is 10.1. The van der Waals surface area contributed by atoms with Crippen molar-refractivity contribution in [2.75, 3.05) is 11.9 Å². The molecule has 0 aromatic carbocycles. The second kappa shape index (κ2) is 6.65. The number of nitrogens with one attached hydrogen (secondary N) is 2. The number of aromatic nitrogens is 2. The Bertz CT molecular complexity index is 598. The molecule has 5 heteroatoms. The summed E-state index contributed by atoms with van der Waals surface area (Å²) in [6, 6.07) is 9.47. The van der Waals surface area contributed by atoms with Gasteiger partial charge in [-0.1, -0.05) is 6.07 Å². The van der Waals surface area contributed by atoms with Gasteiger partial charge >= 0.3 is 0 Å². The Labute approximate surface area is 118 Å². The highest BCUT2D eigenvalue weighted by atomic mass is 16.1. The van der Waals surface area contributed by atoms with Crippen LogP contribution in [-0.4, -0.2) is 22.4 Å². The van der Waals surface area contributed by atoms with Crippen molar-refractivity contribution >= 4 is 11.6 Å². The molecular weight excluding hydrogens is 252 g/mol. The number of anilines is 1. The molecule has 2 rings (SSSR count). The molecule has 0 spiro atoms. The minimum Gasteiger partial charge on any atom is -0.379 e. The lowest BCUT2D eigenvalue weighted by atomic mass is 10.2. The molecule has 0 atom stereocenters. The number of hydrogen-bond acceptors (Lipinski definition) is 4. The number of aryl methyl sites for hydroxylation is 1. The number of carbonyl (C=O) groups excluding carboxylic acids is 1. The molecule has 20 heavy (non-hydrogen) atoms. The van der Waals surface area contributed by atoms with Gasteiger partial charge in [-0.15, -0.1) is 0 Å². The molecule has 0 aliphatic rings. The van der Waals surface area contributed by atoms with Crippen molar-refractivity contribution in [3.05, 3.63) is 53.6 Å². The van der Waals surface area contributed by atoms with Gasteiger partial charge in [-0.2, -0.15) is 0 Å². The third kappa shape index (κ3) is 3.78. The Morgan fingerprint density at radius 1 is 1.30 bits per heavy atom. The zero-order valence-corrected chi connectivity index (χ0v) is 11.7. The third-order valence-electron chi connectivity index (χ3n) is 2.75. The molecule has 0 aliphatic heterocycles. The number of pyridine rings is 2. The summed E-state index contributed by atoms with van der Waals surface area (Å²) in [6.07, 6.45) is 1.62. The smallest absolute Gasteiger partial charge is 0.269 e. The Hall–Kier alpha value is -2.43. The summed E-state index contributed by atoms with van der Waals surface area (Å²) in [5.74, 6) is -0.162. The van der Waals surface area contributed by atoms with E-state index in [1.54, 1.807) is 12.3 Å². The fourth-order valence-corrected chi connectivity index (χ4v) is 1.81. The molecule has 2 N–H and O–H groups in total. The van der Waals surface area contributed by atoms with Gasteiger partial charge < -0.3 is 10.6 Å². The van der Waals surface area contributed by atoms with Crippen LogP contribution in [0, 0.1) is 6.92 Å². The van der Waals surface area contributed by atoms with E-state index in [0.717, 1.165) is 17.1 Å². The quantitative estimate of drug-likeness (QED) is 0.873. The van der Waals surface area contributed by atoms with Gasteiger partial charge in [0.2, 0.25) is 0 Å². The molecule has 2 aromatic rings. The molecule has 0 bridgehead atoms. The molecule has 1 amide bonds. The van der Waals surface area contributed by atoms with Crippen molar-refractivity contribution in [2.24, 2.45) is 0 Å². The van der Waals surface area contributed by atoms with Gasteiger partial charge in [0.15, 0.2) is 0 Å². The van der Waals surface area contributed by atoms with Crippen LogP contribution in [0.3, 0.4) is 0 Å². The Kier molecular flexibility index (Phi) is 4.65. The van der Waals surface area contributed by atoms with Crippen LogP contribution in [0.25, 0.3) is 0 Å². The van der Waals surface area contributed by atoms with E-state index in [4.69, 9.17) is 0 Å². The molecule has 104 valence electrons. The molecular formula is C15H18N4O. The van der Waals surface area contributed by atoms with Gasteiger partial charge in [0.1, 0.15) is 5.69 Å². The van der Waals surface area contributed by atoms with E-state index in [1.807, 2.05) is 38.1 Å². The summed E-state index contributed by atoms with van der Waals surface area (Å²) in [5, 5.41) is 5.97. The van der Waals surface area contributed by atoms with Crippen molar-refractivity contribution in [1.29, 1.82) is 0 Å². The number of amides is 1. The third-order valence-corrected chi connectivity index (χ3v) is 2.75. The first-order chi connectivity index (χ1) is 9.69. The highest BCUT2D eigenvalue weighted by Gasteiger charge is 2.06. The molecule has 2 heterocycles. The van der Waals surface area contributed by atoms with E-state index < -0.39 is 0 Å². The van der Waals surface area contributed by atoms with E-state index >= 15 is 0 Å².